The molecule has 50 heavy (non-hydrogen) atoms. The molecule has 0 aromatic heterocycles. The highest BCUT2D eigenvalue weighted by Crippen LogP contribution is 2.38. The zero-order chi connectivity index (χ0) is 35.3. The lowest BCUT2D eigenvalue weighted by molar-refractivity contribution is -0.215. The molecule has 11 nitrogen and oxygen atoms in total. The highest BCUT2D eigenvalue weighted by molar-refractivity contribution is 7.99. The number of hydrogen-bond acceptors (Lipinski definition) is 12. The number of carbonyl (C=O) groups is 3. The number of hydrogen-bond donors (Lipinski definition) is 0. The minimum atomic E-state index is -3.45. The average molecular weight is 721 g/mol. The normalized spacial score (nSPS) is 20.3. The molecule has 0 unspecified atom stereocenters. The van der Waals surface area contributed by atoms with Gasteiger partial charge in [-0.15, -0.1) is 0 Å². The molecule has 0 saturated carbocycles. The van der Waals surface area contributed by atoms with Crippen molar-refractivity contribution in [2.75, 3.05) is 25.2 Å². The predicted octanol–water partition coefficient (Wildman–Crippen LogP) is 5.74. The number of carbonyl (C=O) groups excluding carboxylic acids is 3. The maximum absolute atomic E-state index is 13.6. The number of sulfone groups is 1. The molecule has 0 N–H and O–H groups in total. The number of thioether (sulfide) groups is 1. The largest absolute Gasteiger partial charge is 0.508 e. The highest BCUT2D eigenvalue weighted by atomic mass is 32.2. The van der Waals surface area contributed by atoms with Gasteiger partial charge in [-0.3, -0.25) is 0 Å². The summed E-state index contributed by atoms with van der Waals surface area (Å²) >= 11 is 1.22. The molecule has 5 atom stereocenters. The lowest BCUT2D eigenvalue weighted by Crippen LogP contribution is -2.61. The second-order valence-electron chi connectivity index (χ2n) is 11.3. The number of esters is 2. The molecule has 262 valence electrons. The van der Waals surface area contributed by atoms with Crippen molar-refractivity contribution < 1.29 is 51.2 Å². The first-order valence-electron chi connectivity index (χ1n) is 15.7. The Bertz CT molecular complexity index is 1790. The van der Waals surface area contributed by atoms with Crippen molar-refractivity contribution in [3.05, 3.63) is 138 Å². The van der Waals surface area contributed by atoms with Gasteiger partial charge in [0.2, 0.25) is 0 Å². The van der Waals surface area contributed by atoms with Gasteiger partial charge in [0, 0.05) is 11.2 Å². The smallest absolute Gasteiger partial charge is 0.451 e. The van der Waals surface area contributed by atoms with Crippen LogP contribution in [-0.4, -0.2) is 81.6 Å². The number of benzene rings is 4. The molecule has 0 spiro atoms. The van der Waals surface area contributed by atoms with Crippen LogP contribution in [0.3, 0.4) is 0 Å². The summed E-state index contributed by atoms with van der Waals surface area (Å²) in [5.74, 6) is -1.94. The van der Waals surface area contributed by atoms with Crippen molar-refractivity contribution in [3.63, 3.8) is 0 Å². The number of rotatable bonds is 14. The topological polar surface area (TPSA) is 141 Å². The van der Waals surface area contributed by atoms with Gasteiger partial charge in [-0.2, -0.15) is 0 Å². The van der Waals surface area contributed by atoms with Gasteiger partial charge >= 0.3 is 18.1 Å². The predicted molar refractivity (Wildman–Crippen MR) is 184 cm³/mol. The fourth-order valence-electron chi connectivity index (χ4n) is 4.96. The molecule has 1 heterocycles. The lowest BCUT2D eigenvalue weighted by atomic mass is 9.99. The molecule has 0 radical (unpaired) electrons. The molecule has 1 aliphatic rings. The van der Waals surface area contributed by atoms with Gasteiger partial charge in [0.25, 0.3) is 0 Å². The second kappa shape index (κ2) is 17.8. The van der Waals surface area contributed by atoms with Crippen LogP contribution in [0.2, 0.25) is 0 Å². The summed E-state index contributed by atoms with van der Waals surface area (Å²) in [6.45, 7) is -0.432. The Morgan fingerprint density at radius 2 is 1.20 bits per heavy atom. The van der Waals surface area contributed by atoms with E-state index in [2.05, 4.69) is 0 Å². The maximum atomic E-state index is 13.6. The molecule has 4 aromatic rings. The van der Waals surface area contributed by atoms with Crippen LogP contribution in [0.15, 0.2) is 126 Å². The molecule has 13 heteroatoms. The third kappa shape index (κ3) is 10.9. The Morgan fingerprint density at radius 1 is 0.680 bits per heavy atom. The van der Waals surface area contributed by atoms with Crippen molar-refractivity contribution in [3.8, 4) is 0 Å². The third-order valence-corrected chi connectivity index (χ3v) is 9.46. The van der Waals surface area contributed by atoms with Crippen LogP contribution in [0.4, 0.5) is 4.79 Å². The van der Waals surface area contributed by atoms with Crippen molar-refractivity contribution in [2.45, 2.75) is 41.4 Å². The van der Waals surface area contributed by atoms with Gasteiger partial charge in [-0.1, -0.05) is 96.7 Å². The van der Waals surface area contributed by atoms with Crippen molar-refractivity contribution in [1.29, 1.82) is 0 Å². The van der Waals surface area contributed by atoms with E-state index in [1.165, 1.54) is 11.8 Å². The highest BCUT2D eigenvalue weighted by Gasteiger charge is 2.53. The van der Waals surface area contributed by atoms with E-state index in [-0.39, 0.29) is 24.3 Å². The van der Waals surface area contributed by atoms with Crippen LogP contribution in [-0.2, 0) is 44.9 Å². The molecule has 5 rings (SSSR count). The van der Waals surface area contributed by atoms with E-state index in [0.29, 0.717) is 0 Å². The molecule has 0 aliphatic carbocycles. The van der Waals surface area contributed by atoms with E-state index in [4.69, 9.17) is 28.4 Å². The summed E-state index contributed by atoms with van der Waals surface area (Å²) in [4.78, 5) is 41.0. The Kier molecular flexibility index (Phi) is 13.0. The van der Waals surface area contributed by atoms with Gasteiger partial charge in [-0.25, -0.2) is 22.8 Å². The van der Waals surface area contributed by atoms with Gasteiger partial charge < -0.3 is 28.4 Å². The lowest BCUT2D eigenvalue weighted by Gasteiger charge is -2.44. The van der Waals surface area contributed by atoms with E-state index in [1.54, 1.807) is 60.7 Å². The molecule has 1 saturated heterocycles. The van der Waals surface area contributed by atoms with Gasteiger partial charge in [0.05, 0.1) is 30.1 Å². The monoisotopic (exact) mass is 720 g/mol. The van der Waals surface area contributed by atoms with Crippen LogP contribution in [0.5, 0.6) is 0 Å². The zero-order valence-electron chi connectivity index (χ0n) is 27.1. The van der Waals surface area contributed by atoms with E-state index >= 15 is 0 Å². The fraction of sp³-hybridized carbons (Fsp3) is 0.270. The minimum absolute atomic E-state index is 0.138. The Hall–Kier alpha value is -4.69. The maximum Gasteiger partial charge on any atom is 0.508 e. The van der Waals surface area contributed by atoms with E-state index < -0.39 is 70.1 Å². The fourth-order valence-corrected chi connectivity index (χ4v) is 6.47. The molecular formula is C37H36O11S2. The van der Waals surface area contributed by atoms with E-state index in [9.17, 15) is 22.8 Å². The number of ether oxygens (including phenoxy) is 6. The Balaban J connectivity index is 1.51. The first-order chi connectivity index (χ1) is 24.2. The van der Waals surface area contributed by atoms with Crippen LogP contribution < -0.4 is 0 Å². The van der Waals surface area contributed by atoms with Crippen LogP contribution in [0, 0.1) is 0 Å². The molecule has 0 bridgehead atoms. The molecule has 4 aromatic carbocycles. The summed E-state index contributed by atoms with van der Waals surface area (Å²) in [5, 5.41) is 0. The molecule has 1 fully saturated rings. The first kappa shape index (κ1) is 36.6. The summed E-state index contributed by atoms with van der Waals surface area (Å²) in [6.07, 6.45) is -5.48. The summed E-state index contributed by atoms with van der Waals surface area (Å²) < 4.78 is 58.8. The summed E-state index contributed by atoms with van der Waals surface area (Å²) in [5.41, 5.74) is 0.323. The van der Waals surface area contributed by atoms with Gasteiger partial charge in [0.1, 0.15) is 18.1 Å². The Morgan fingerprint density at radius 3 is 1.76 bits per heavy atom. The first-order valence-corrected chi connectivity index (χ1v) is 18.6. The van der Waals surface area contributed by atoms with E-state index in [0.717, 1.165) is 16.7 Å². The minimum Gasteiger partial charge on any atom is -0.451 e. The van der Waals surface area contributed by atoms with Crippen LogP contribution >= 0.6 is 11.8 Å². The van der Waals surface area contributed by atoms with Crippen LogP contribution in [0.1, 0.15) is 26.3 Å². The molecule has 0 amide bonds. The Labute approximate surface area is 294 Å². The standard InChI is InChI=1S/C37H36O11S2/c1-50(41,42)23-22-44-37(40)48-31-30(25-43-24-26-14-6-2-7-15-26)45-36(49-29-20-12-5-13-21-29)33(47-35(39)28-18-10-4-11-19-28)32(31)46-34(38)27-16-8-3-9-17-27/h2-21,30-33,36H,22-25H2,1H3/t30-,31-,32+,33-,36+/m1/s1. The zero-order valence-corrected chi connectivity index (χ0v) is 28.7. The summed E-state index contributed by atoms with van der Waals surface area (Å²) in [6, 6.07) is 35.0. The second-order valence-corrected chi connectivity index (χ2v) is 14.7. The summed E-state index contributed by atoms with van der Waals surface area (Å²) in [7, 11) is -3.45. The average Bonchev–Trinajstić information content (AvgIpc) is 3.12. The van der Waals surface area contributed by atoms with Crippen molar-refractivity contribution in [2.24, 2.45) is 0 Å². The van der Waals surface area contributed by atoms with E-state index in [1.807, 2.05) is 60.7 Å². The SMILES string of the molecule is CS(=O)(=O)CCOC(=O)O[C@H]1[C@H](OC(=O)c2ccccc2)[C@@H](OC(=O)c2ccccc2)[C@H](Sc2ccccc2)O[C@@H]1COCc1ccccc1. The quantitative estimate of drug-likeness (QED) is 0.116. The molecule has 1 aliphatic heterocycles. The van der Waals surface area contributed by atoms with Gasteiger partial charge in [-0.05, 0) is 42.0 Å². The molecular weight excluding hydrogens is 685 g/mol. The van der Waals surface area contributed by atoms with Crippen molar-refractivity contribution >= 4 is 39.7 Å². The van der Waals surface area contributed by atoms with Crippen LogP contribution in [0.25, 0.3) is 0 Å². The van der Waals surface area contributed by atoms with Gasteiger partial charge in [0.15, 0.2) is 28.1 Å². The van der Waals surface area contributed by atoms with Crippen molar-refractivity contribution in [1.82, 2.24) is 0 Å². The third-order valence-electron chi connectivity index (χ3n) is 7.39.